The molecule has 0 saturated heterocycles. The first kappa shape index (κ1) is 9.81. The van der Waals surface area contributed by atoms with Crippen molar-refractivity contribution >= 4 is 5.96 Å². The largest absolute Gasteiger partial charge is 0.370 e. The van der Waals surface area contributed by atoms with Crippen molar-refractivity contribution in [3.05, 3.63) is 0 Å². The van der Waals surface area contributed by atoms with Gasteiger partial charge in [0.1, 0.15) is 0 Å². The Morgan fingerprint density at radius 1 is 1.57 bits per heavy atom. The highest BCUT2D eigenvalue weighted by atomic mass is 15.4. The number of hydrogen-bond donors (Lipinski definition) is 1. The molecule has 1 heterocycles. The minimum absolute atomic E-state index is 0.586. The van der Waals surface area contributed by atoms with Crippen LogP contribution in [0.15, 0.2) is 4.99 Å². The fourth-order valence-electron chi connectivity index (χ4n) is 2.44. The van der Waals surface area contributed by atoms with Gasteiger partial charge in [0.15, 0.2) is 5.96 Å². The molecule has 2 N–H and O–H groups in total. The first-order valence-corrected chi connectivity index (χ1v) is 5.82. The molecule has 2 aliphatic rings. The fourth-order valence-corrected chi connectivity index (χ4v) is 2.44. The summed E-state index contributed by atoms with van der Waals surface area (Å²) in [5.41, 5.74) is 5.92. The highest BCUT2D eigenvalue weighted by molar-refractivity contribution is 5.80. The Kier molecular flexibility index (Phi) is 2.66. The summed E-state index contributed by atoms with van der Waals surface area (Å²) in [5, 5.41) is 0. The van der Waals surface area contributed by atoms with Crippen LogP contribution in [0.4, 0.5) is 0 Å². The maximum Gasteiger partial charge on any atom is 0.191 e. The van der Waals surface area contributed by atoms with E-state index >= 15 is 0 Å². The molecule has 3 nitrogen and oxygen atoms in total. The van der Waals surface area contributed by atoms with Gasteiger partial charge < -0.3 is 10.6 Å². The van der Waals surface area contributed by atoms with Crippen LogP contribution in [-0.4, -0.2) is 29.5 Å². The van der Waals surface area contributed by atoms with Gasteiger partial charge >= 0.3 is 0 Å². The lowest BCUT2D eigenvalue weighted by Gasteiger charge is -2.30. The van der Waals surface area contributed by atoms with Crippen molar-refractivity contribution < 1.29 is 0 Å². The van der Waals surface area contributed by atoms with Crippen LogP contribution in [-0.2, 0) is 0 Å². The Bertz CT molecular complexity index is 233. The summed E-state index contributed by atoms with van der Waals surface area (Å²) in [7, 11) is 0. The van der Waals surface area contributed by atoms with E-state index in [1.807, 2.05) is 0 Å². The standard InChI is InChI=1S/C11H21N3/c1-3-4-8(2)10-7-13-11(12)14(10)9-5-6-9/h8-10H,3-7H2,1-2H3,(H2,12,13). The third kappa shape index (κ3) is 1.72. The minimum Gasteiger partial charge on any atom is -0.370 e. The van der Waals surface area contributed by atoms with Crippen molar-refractivity contribution in [1.29, 1.82) is 0 Å². The van der Waals surface area contributed by atoms with E-state index in [4.69, 9.17) is 5.73 Å². The van der Waals surface area contributed by atoms with E-state index in [-0.39, 0.29) is 0 Å². The second-order valence-corrected chi connectivity index (χ2v) is 4.67. The predicted molar refractivity (Wildman–Crippen MR) is 59.2 cm³/mol. The van der Waals surface area contributed by atoms with Gasteiger partial charge in [0.2, 0.25) is 0 Å². The molecule has 0 aromatic carbocycles. The van der Waals surface area contributed by atoms with Gasteiger partial charge in [-0.3, -0.25) is 4.99 Å². The molecule has 1 saturated carbocycles. The number of aliphatic imine (C=N–C) groups is 1. The van der Waals surface area contributed by atoms with Crippen LogP contribution in [0, 0.1) is 5.92 Å². The molecule has 0 spiro atoms. The van der Waals surface area contributed by atoms with Crippen LogP contribution in [0.2, 0.25) is 0 Å². The van der Waals surface area contributed by atoms with Crippen LogP contribution in [0.25, 0.3) is 0 Å². The summed E-state index contributed by atoms with van der Waals surface area (Å²) in [4.78, 5) is 6.76. The second kappa shape index (κ2) is 3.79. The van der Waals surface area contributed by atoms with Gasteiger partial charge in [-0.1, -0.05) is 20.3 Å². The molecule has 0 aromatic rings. The first-order valence-electron chi connectivity index (χ1n) is 5.82. The average Bonchev–Trinajstić information content (AvgIpc) is 2.90. The number of guanidine groups is 1. The topological polar surface area (TPSA) is 41.6 Å². The molecule has 80 valence electrons. The highest BCUT2D eigenvalue weighted by Gasteiger charge is 2.39. The van der Waals surface area contributed by atoms with E-state index in [1.165, 1.54) is 25.7 Å². The first-order chi connectivity index (χ1) is 6.74. The van der Waals surface area contributed by atoms with Gasteiger partial charge in [-0.15, -0.1) is 0 Å². The lowest BCUT2D eigenvalue weighted by Crippen LogP contribution is -2.45. The maximum atomic E-state index is 5.92. The smallest absolute Gasteiger partial charge is 0.191 e. The summed E-state index contributed by atoms with van der Waals surface area (Å²) >= 11 is 0. The van der Waals surface area contributed by atoms with Crippen LogP contribution in [0.5, 0.6) is 0 Å². The van der Waals surface area contributed by atoms with Crippen LogP contribution in [0.1, 0.15) is 39.5 Å². The van der Waals surface area contributed by atoms with Crippen molar-refractivity contribution in [1.82, 2.24) is 4.90 Å². The molecule has 2 atom stereocenters. The second-order valence-electron chi connectivity index (χ2n) is 4.67. The van der Waals surface area contributed by atoms with Gasteiger partial charge in [-0.05, 0) is 25.2 Å². The maximum absolute atomic E-state index is 5.92. The van der Waals surface area contributed by atoms with E-state index in [1.54, 1.807) is 0 Å². The summed E-state index contributed by atoms with van der Waals surface area (Å²) < 4.78 is 0. The van der Waals surface area contributed by atoms with Crippen molar-refractivity contribution in [3.8, 4) is 0 Å². The Morgan fingerprint density at radius 3 is 2.86 bits per heavy atom. The zero-order chi connectivity index (χ0) is 10.1. The Labute approximate surface area is 86.4 Å². The third-order valence-corrected chi connectivity index (χ3v) is 3.40. The third-order valence-electron chi connectivity index (χ3n) is 3.40. The Balaban J connectivity index is 1.98. The zero-order valence-electron chi connectivity index (χ0n) is 9.24. The Morgan fingerprint density at radius 2 is 2.29 bits per heavy atom. The molecule has 2 unspecified atom stereocenters. The van der Waals surface area contributed by atoms with Crippen molar-refractivity contribution in [2.45, 2.75) is 51.6 Å². The summed E-state index contributed by atoms with van der Waals surface area (Å²) in [6.45, 7) is 5.50. The van der Waals surface area contributed by atoms with E-state index in [0.29, 0.717) is 12.1 Å². The van der Waals surface area contributed by atoms with Crippen LogP contribution < -0.4 is 5.73 Å². The van der Waals surface area contributed by atoms with E-state index in [0.717, 1.165) is 18.4 Å². The summed E-state index contributed by atoms with van der Waals surface area (Å²) in [6, 6.07) is 1.30. The summed E-state index contributed by atoms with van der Waals surface area (Å²) in [5.74, 6) is 1.52. The van der Waals surface area contributed by atoms with Gasteiger partial charge in [0, 0.05) is 6.04 Å². The zero-order valence-corrected chi connectivity index (χ0v) is 9.24. The molecule has 0 bridgehead atoms. The van der Waals surface area contributed by atoms with Crippen molar-refractivity contribution in [2.24, 2.45) is 16.6 Å². The minimum atomic E-state index is 0.586. The van der Waals surface area contributed by atoms with Gasteiger partial charge in [-0.2, -0.15) is 0 Å². The number of hydrogen-bond acceptors (Lipinski definition) is 3. The molecule has 1 aliphatic heterocycles. The SMILES string of the molecule is CCCC(C)C1CN=C(N)N1C1CC1. The Hall–Kier alpha value is -0.730. The van der Waals surface area contributed by atoms with E-state index < -0.39 is 0 Å². The number of nitrogens with two attached hydrogens (primary N) is 1. The van der Waals surface area contributed by atoms with E-state index in [2.05, 4.69) is 23.7 Å². The molecule has 0 amide bonds. The molecule has 1 fully saturated rings. The fraction of sp³-hybridized carbons (Fsp3) is 0.909. The predicted octanol–water partition coefficient (Wildman–Crippen LogP) is 1.58. The molecule has 2 rings (SSSR count). The lowest BCUT2D eigenvalue weighted by molar-refractivity contribution is 0.244. The van der Waals surface area contributed by atoms with Crippen LogP contribution in [0.3, 0.4) is 0 Å². The lowest BCUT2D eigenvalue weighted by atomic mass is 9.96. The molecule has 0 radical (unpaired) electrons. The summed E-state index contributed by atoms with van der Waals surface area (Å²) in [6.07, 6.45) is 5.17. The molecule has 1 aliphatic carbocycles. The molecule has 0 aromatic heterocycles. The molecule has 14 heavy (non-hydrogen) atoms. The molecule has 3 heteroatoms. The van der Waals surface area contributed by atoms with Crippen molar-refractivity contribution in [2.75, 3.05) is 6.54 Å². The van der Waals surface area contributed by atoms with Gasteiger partial charge in [-0.25, -0.2) is 0 Å². The van der Waals surface area contributed by atoms with Crippen molar-refractivity contribution in [3.63, 3.8) is 0 Å². The molecular weight excluding hydrogens is 174 g/mol. The monoisotopic (exact) mass is 195 g/mol. The van der Waals surface area contributed by atoms with E-state index in [9.17, 15) is 0 Å². The highest BCUT2D eigenvalue weighted by Crippen LogP contribution is 2.33. The average molecular weight is 195 g/mol. The quantitative estimate of drug-likeness (QED) is 0.740. The molecular formula is C11H21N3. The number of rotatable bonds is 4. The van der Waals surface area contributed by atoms with Gasteiger partial charge in [0.25, 0.3) is 0 Å². The number of nitrogens with zero attached hydrogens (tertiary/aromatic N) is 2. The normalized spacial score (nSPS) is 29.1. The van der Waals surface area contributed by atoms with Crippen LogP contribution >= 0.6 is 0 Å². The van der Waals surface area contributed by atoms with Gasteiger partial charge in [0.05, 0.1) is 12.6 Å².